The average Bonchev–Trinajstić information content (AvgIpc) is 2.84. The molecule has 0 unspecified atom stereocenters. The Kier molecular flexibility index (Phi) is 4.26. The molecule has 0 saturated carbocycles. The Morgan fingerprint density at radius 3 is 3.11 bits per heavy atom. The fraction of sp³-hybridized carbons (Fsp3) is 0.182. The van der Waals surface area contributed by atoms with E-state index in [4.69, 9.17) is 10.9 Å². The molecule has 0 atom stereocenters. The van der Waals surface area contributed by atoms with Crippen molar-refractivity contribution in [2.45, 2.75) is 13.1 Å². The summed E-state index contributed by atoms with van der Waals surface area (Å²) in [5, 5.41) is 16.6. The summed E-state index contributed by atoms with van der Waals surface area (Å²) >= 11 is 1.13. The van der Waals surface area contributed by atoms with Gasteiger partial charge in [0.25, 0.3) is 0 Å². The van der Waals surface area contributed by atoms with Gasteiger partial charge in [0.2, 0.25) is 0 Å². The number of aromatic nitrogens is 2. The first-order chi connectivity index (χ1) is 9.20. The summed E-state index contributed by atoms with van der Waals surface area (Å²) in [4.78, 5) is 17.7. The minimum Gasteiger partial charge on any atom is -0.409 e. The SMILES string of the molecule is N/C(=N/O)c1ncccc1CNCc1csc(=O)[nH]1. The van der Waals surface area contributed by atoms with Crippen LogP contribution in [-0.2, 0) is 13.1 Å². The largest absolute Gasteiger partial charge is 0.409 e. The zero-order valence-corrected chi connectivity index (χ0v) is 10.8. The summed E-state index contributed by atoms with van der Waals surface area (Å²) in [6.07, 6.45) is 1.58. The Morgan fingerprint density at radius 1 is 1.58 bits per heavy atom. The number of hydrogen-bond donors (Lipinski definition) is 4. The van der Waals surface area contributed by atoms with Crippen molar-refractivity contribution in [3.8, 4) is 0 Å². The van der Waals surface area contributed by atoms with Crippen LogP contribution in [-0.4, -0.2) is 21.0 Å². The molecule has 0 fully saturated rings. The van der Waals surface area contributed by atoms with E-state index in [9.17, 15) is 4.79 Å². The topological polar surface area (TPSA) is 116 Å². The lowest BCUT2D eigenvalue weighted by molar-refractivity contribution is 0.318. The molecule has 2 aromatic rings. The standard InChI is InChI=1S/C11H13N5O2S/c12-10(16-18)9-7(2-1-3-14-9)4-13-5-8-6-19-11(17)15-8/h1-3,6,13,18H,4-5H2,(H2,12,16)(H,15,17). The summed E-state index contributed by atoms with van der Waals surface area (Å²) < 4.78 is 0. The van der Waals surface area contributed by atoms with Gasteiger partial charge in [-0.2, -0.15) is 0 Å². The van der Waals surface area contributed by atoms with Crippen molar-refractivity contribution in [3.63, 3.8) is 0 Å². The number of amidine groups is 1. The van der Waals surface area contributed by atoms with Crippen LogP contribution in [0.2, 0.25) is 0 Å². The van der Waals surface area contributed by atoms with Gasteiger partial charge in [-0.15, -0.1) is 0 Å². The molecule has 2 heterocycles. The third-order valence-electron chi connectivity index (χ3n) is 2.44. The average molecular weight is 279 g/mol. The molecule has 0 bridgehead atoms. The second-order valence-corrected chi connectivity index (χ2v) is 4.62. The van der Waals surface area contributed by atoms with Crippen molar-refractivity contribution < 1.29 is 5.21 Å². The Labute approximate surface area is 112 Å². The molecular weight excluding hydrogens is 266 g/mol. The number of aromatic amines is 1. The first kappa shape index (κ1) is 13.2. The van der Waals surface area contributed by atoms with Gasteiger partial charge in [-0.3, -0.25) is 9.78 Å². The Bertz CT molecular complexity index is 634. The van der Waals surface area contributed by atoms with Crippen LogP contribution in [0.3, 0.4) is 0 Å². The van der Waals surface area contributed by atoms with E-state index in [-0.39, 0.29) is 10.7 Å². The van der Waals surface area contributed by atoms with Crippen LogP contribution in [0.1, 0.15) is 17.0 Å². The van der Waals surface area contributed by atoms with Gasteiger partial charge in [-0.1, -0.05) is 22.6 Å². The van der Waals surface area contributed by atoms with Crippen LogP contribution >= 0.6 is 11.3 Å². The molecule has 100 valence electrons. The molecule has 0 radical (unpaired) electrons. The van der Waals surface area contributed by atoms with E-state index < -0.39 is 0 Å². The normalized spacial score (nSPS) is 11.7. The van der Waals surface area contributed by atoms with Gasteiger partial charge >= 0.3 is 4.87 Å². The molecule has 0 spiro atoms. The molecule has 0 aromatic carbocycles. The van der Waals surface area contributed by atoms with Gasteiger partial charge in [-0.25, -0.2) is 0 Å². The molecule has 0 aliphatic rings. The molecular formula is C11H13N5O2S. The van der Waals surface area contributed by atoms with Crippen molar-refractivity contribution in [1.82, 2.24) is 15.3 Å². The zero-order chi connectivity index (χ0) is 13.7. The van der Waals surface area contributed by atoms with Crippen LogP contribution in [0.4, 0.5) is 0 Å². The highest BCUT2D eigenvalue weighted by Gasteiger charge is 2.07. The number of nitrogens with zero attached hydrogens (tertiary/aromatic N) is 2. The summed E-state index contributed by atoms with van der Waals surface area (Å²) in [5.74, 6) is -0.0265. The van der Waals surface area contributed by atoms with Gasteiger partial charge in [0.15, 0.2) is 5.84 Å². The fourth-order valence-corrected chi connectivity index (χ4v) is 2.17. The number of nitrogens with two attached hydrogens (primary N) is 1. The third kappa shape index (κ3) is 3.39. The second-order valence-electron chi connectivity index (χ2n) is 3.77. The zero-order valence-electron chi connectivity index (χ0n) is 9.96. The number of rotatable bonds is 5. The molecule has 0 saturated heterocycles. The lowest BCUT2D eigenvalue weighted by Gasteiger charge is -2.07. The Morgan fingerprint density at radius 2 is 2.42 bits per heavy atom. The number of nitrogens with one attached hydrogen (secondary N) is 2. The summed E-state index contributed by atoms with van der Waals surface area (Å²) in [7, 11) is 0. The van der Waals surface area contributed by atoms with Crippen LogP contribution < -0.4 is 15.9 Å². The first-order valence-electron chi connectivity index (χ1n) is 5.50. The van der Waals surface area contributed by atoms with Crippen molar-refractivity contribution >= 4 is 17.2 Å². The molecule has 7 nitrogen and oxygen atoms in total. The molecule has 5 N–H and O–H groups in total. The molecule has 0 aliphatic carbocycles. The summed E-state index contributed by atoms with van der Waals surface area (Å²) in [5.41, 5.74) is 7.62. The van der Waals surface area contributed by atoms with Crippen molar-refractivity contribution in [2.24, 2.45) is 10.9 Å². The predicted molar refractivity (Wildman–Crippen MR) is 72.2 cm³/mol. The van der Waals surface area contributed by atoms with E-state index in [1.54, 1.807) is 17.6 Å². The smallest absolute Gasteiger partial charge is 0.304 e. The van der Waals surface area contributed by atoms with Gasteiger partial charge in [0, 0.05) is 30.4 Å². The van der Waals surface area contributed by atoms with E-state index in [1.165, 1.54) is 0 Å². The Hall–Kier alpha value is -2.19. The maximum Gasteiger partial charge on any atom is 0.304 e. The number of thiazole rings is 1. The van der Waals surface area contributed by atoms with E-state index in [0.29, 0.717) is 18.8 Å². The van der Waals surface area contributed by atoms with Crippen LogP contribution in [0.15, 0.2) is 33.7 Å². The molecule has 8 heteroatoms. The molecule has 0 amide bonds. The molecule has 0 aliphatic heterocycles. The maximum absolute atomic E-state index is 11.0. The monoisotopic (exact) mass is 279 g/mol. The lowest BCUT2D eigenvalue weighted by Crippen LogP contribution is -2.21. The summed E-state index contributed by atoms with van der Waals surface area (Å²) in [6.45, 7) is 1.03. The van der Waals surface area contributed by atoms with E-state index >= 15 is 0 Å². The van der Waals surface area contributed by atoms with E-state index in [0.717, 1.165) is 22.6 Å². The fourth-order valence-electron chi connectivity index (χ4n) is 1.59. The van der Waals surface area contributed by atoms with E-state index in [2.05, 4.69) is 20.4 Å². The van der Waals surface area contributed by atoms with Crippen LogP contribution in [0.25, 0.3) is 0 Å². The van der Waals surface area contributed by atoms with E-state index in [1.807, 2.05) is 6.07 Å². The summed E-state index contributed by atoms with van der Waals surface area (Å²) in [6, 6.07) is 3.61. The number of hydrogen-bond acceptors (Lipinski definition) is 6. The minimum atomic E-state index is -0.0736. The maximum atomic E-state index is 11.0. The highest BCUT2D eigenvalue weighted by molar-refractivity contribution is 7.07. The van der Waals surface area contributed by atoms with Gasteiger partial charge in [0.05, 0.1) is 0 Å². The minimum absolute atomic E-state index is 0.0265. The Balaban J connectivity index is 2.01. The van der Waals surface area contributed by atoms with Gasteiger partial charge in [0.1, 0.15) is 5.69 Å². The predicted octanol–water partition coefficient (Wildman–Crippen LogP) is 0.216. The first-order valence-corrected chi connectivity index (χ1v) is 6.38. The van der Waals surface area contributed by atoms with Crippen LogP contribution in [0.5, 0.6) is 0 Å². The number of H-pyrrole nitrogens is 1. The number of oxime groups is 1. The van der Waals surface area contributed by atoms with Crippen molar-refractivity contribution in [3.05, 3.63) is 50.3 Å². The second kappa shape index (κ2) is 6.12. The van der Waals surface area contributed by atoms with Crippen molar-refractivity contribution in [2.75, 3.05) is 0 Å². The van der Waals surface area contributed by atoms with Crippen LogP contribution in [0, 0.1) is 0 Å². The highest BCUT2D eigenvalue weighted by atomic mass is 32.1. The highest BCUT2D eigenvalue weighted by Crippen LogP contribution is 2.05. The number of pyridine rings is 1. The van der Waals surface area contributed by atoms with Gasteiger partial charge < -0.3 is 21.2 Å². The molecule has 2 rings (SSSR count). The van der Waals surface area contributed by atoms with Crippen molar-refractivity contribution in [1.29, 1.82) is 0 Å². The third-order valence-corrected chi connectivity index (χ3v) is 3.16. The lowest BCUT2D eigenvalue weighted by atomic mass is 10.2. The quantitative estimate of drug-likeness (QED) is 0.270. The molecule has 2 aromatic heterocycles. The van der Waals surface area contributed by atoms with Gasteiger partial charge in [-0.05, 0) is 11.6 Å². The molecule has 19 heavy (non-hydrogen) atoms.